The molecule has 0 spiro atoms. The number of hydrogen-bond donors (Lipinski definition) is 2. The number of nitrogens with one attached hydrogen (secondary N) is 1. The lowest BCUT2D eigenvalue weighted by molar-refractivity contribution is 0.546. The summed E-state index contributed by atoms with van der Waals surface area (Å²) in [5.74, 6) is 5.90. The zero-order chi connectivity index (χ0) is 12.8. The maximum atomic E-state index is 13.7. The standard InChI is InChI=1S/C12H18ClFN2S/c1-3-8(2)17-7-12(16-15)10-5-4-9(13)6-11(10)14/h4-6,8,12,16H,3,7,15H2,1-2H3. The molecular formula is C12H18ClFN2S. The zero-order valence-electron chi connectivity index (χ0n) is 10.0. The van der Waals surface area contributed by atoms with Crippen molar-refractivity contribution < 1.29 is 4.39 Å². The lowest BCUT2D eigenvalue weighted by Crippen LogP contribution is -2.30. The van der Waals surface area contributed by atoms with Crippen molar-refractivity contribution in [1.29, 1.82) is 0 Å². The van der Waals surface area contributed by atoms with Crippen LogP contribution in [0.25, 0.3) is 0 Å². The highest BCUT2D eigenvalue weighted by atomic mass is 35.5. The van der Waals surface area contributed by atoms with E-state index < -0.39 is 0 Å². The zero-order valence-corrected chi connectivity index (χ0v) is 11.6. The van der Waals surface area contributed by atoms with Gasteiger partial charge < -0.3 is 0 Å². The molecule has 2 atom stereocenters. The third kappa shape index (κ3) is 4.47. The van der Waals surface area contributed by atoms with Crippen LogP contribution < -0.4 is 11.3 Å². The van der Waals surface area contributed by atoms with Crippen LogP contribution in [0.15, 0.2) is 18.2 Å². The lowest BCUT2D eigenvalue weighted by atomic mass is 10.1. The SMILES string of the molecule is CCC(C)SCC(NN)c1ccc(Cl)cc1F. The number of thioether (sulfide) groups is 1. The van der Waals surface area contributed by atoms with Crippen molar-refractivity contribution in [3.05, 3.63) is 34.6 Å². The number of rotatable bonds is 6. The van der Waals surface area contributed by atoms with E-state index in [1.54, 1.807) is 23.9 Å². The van der Waals surface area contributed by atoms with Crippen LogP contribution in [-0.2, 0) is 0 Å². The first-order chi connectivity index (χ1) is 8.08. The summed E-state index contributed by atoms with van der Waals surface area (Å²) in [5, 5.41) is 0.942. The topological polar surface area (TPSA) is 38.0 Å². The third-order valence-electron chi connectivity index (χ3n) is 2.66. The molecule has 1 aromatic carbocycles. The summed E-state index contributed by atoms with van der Waals surface area (Å²) in [4.78, 5) is 0. The molecule has 3 N–H and O–H groups in total. The van der Waals surface area contributed by atoms with Crippen LogP contribution in [0.5, 0.6) is 0 Å². The Bertz CT molecular complexity index is 362. The van der Waals surface area contributed by atoms with Gasteiger partial charge in [-0.05, 0) is 18.6 Å². The smallest absolute Gasteiger partial charge is 0.129 e. The average molecular weight is 277 g/mol. The van der Waals surface area contributed by atoms with Crippen LogP contribution in [0.3, 0.4) is 0 Å². The summed E-state index contributed by atoms with van der Waals surface area (Å²) in [5.41, 5.74) is 3.22. The quantitative estimate of drug-likeness (QED) is 0.617. The molecule has 2 nitrogen and oxygen atoms in total. The molecular weight excluding hydrogens is 259 g/mol. The van der Waals surface area contributed by atoms with Crippen LogP contribution in [0, 0.1) is 5.82 Å². The van der Waals surface area contributed by atoms with Crippen molar-refractivity contribution >= 4 is 23.4 Å². The van der Waals surface area contributed by atoms with Gasteiger partial charge in [-0.15, -0.1) is 0 Å². The van der Waals surface area contributed by atoms with Crippen molar-refractivity contribution in [2.24, 2.45) is 5.84 Å². The van der Waals surface area contributed by atoms with Crippen LogP contribution in [0.4, 0.5) is 4.39 Å². The third-order valence-corrected chi connectivity index (χ3v) is 4.32. The van der Waals surface area contributed by atoms with E-state index in [1.165, 1.54) is 6.07 Å². The number of benzene rings is 1. The largest absolute Gasteiger partial charge is 0.271 e. The Hall–Kier alpha value is -0.290. The van der Waals surface area contributed by atoms with Gasteiger partial charge in [-0.2, -0.15) is 11.8 Å². The van der Waals surface area contributed by atoms with E-state index in [-0.39, 0.29) is 11.9 Å². The van der Waals surface area contributed by atoms with Gasteiger partial charge in [-0.1, -0.05) is 31.5 Å². The predicted molar refractivity (Wildman–Crippen MR) is 73.7 cm³/mol. The van der Waals surface area contributed by atoms with E-state index in [0.717, 1.165) is 12.2 Å². The fourth-order valence-electron chi connectivity index (χ4n) is 1.39. The molecule has 0 aliphatic carbocycles. The van der Waals surface area contributed by atoms with Gasteiger partial charge in [0, 0.05) is 21.6 Å². The van der Waals surface area contributed by atoms with Crippen LogP contribution in [-0.4, -0.2) is 11.0 Å². The van der Waals surface area contributed by atoms with Crippen LogP contribution in [0.2, 0.25) is 5.02 Å². The van der Waals surface area contributed by atoms with Crippen molar-refractivity contribution in [3.63, 3.8) is 0 Å². The molecule has 0 radical (unpaired) electrons. The number of hydrazine groups is 1. The molecule has 0 bridgehead atoms. The monoisotopic (exact) mass is 276 g/mol. The Morgan fingerprint density at radius 1 is 1.53 bits per heavy atom. The Morgan fingerprint density at radius 2 is 2.24 bits per heavy atom. The van der Waals surface area contributed by atoms with Crippen molar-refractivity contribution in [2.45, 2.75) is 31.6 Å². The number of nitrogens with two attached hydrogens (primary N) is 1. The number of halogens is 2. The second-order valence-electron chi connectivity index (χ2n) is 3.94. The second-order valence-corrected chi connectivity index (χ2v) is 5.85. The van der Waals surface area contributed by atoms with Gasteiger partial charge in [-0.3, -0.25) is 11.3 Å². The van der Waals surface area contributed by atoms with Crippen LogP contribution >= 0.6 is 23.4 Å². The fraction of sp³-hybridized carbons (Fsp3) is 0.500. The molecule has 0 fully saturated rings. The van der Waals surface area contributed by atoms with Crippen molar-refractivity contribution in [2.75, 3.05) is 5.75 Å². The maximum Gasteiger partial charge on any atom is 0.129 e. The van der Waals surface area contributed by atoms with E-state index in [0.29, 0.717) is 15.8 Å². The van der Waals surface area contributed by atoms with Gasteiger partial charge in [0.15, 0.2) is 0 Å². The molecule has 0 aromatic heterocycles. The molecule has 1 rings (SSSR count). The van der Waals surface area contributed by atoms with Gasteiger partial charge in [0.25, 0.3) is 0 Å². The van der Waals surface area contributed by atoms with E-state index in [9.17, 15) is 4.39 Å². The molecule has 0 saturated heterocycles. The van der Waals surface area contributed by atoms with E-state index >= 15 is 0 Å². The van der Waals surface area contributed by atoms with Gasteiger partial charge in [0.2, 0.25) is 0 Å². The minimum absolute atomic E-state index is 0.189. The van der Waals surface area contributed by atoms with Gasteiger partial charge >= 0.3 is 0 Å². The highest BCUT2D eigenvalue weighted by Gasteiger charge is 2.15. The van der Waals surface area contributed by atoms with Gasteiger partial charge in [0.1, 0.15) is 5.82 Å². The Labute approximate surface area is 111 Å². The minimum atomic E-state index is -0.315. The summed E-state index contributed by atoms with van der Waals surface area (Å²) in [6.45, 7) is 4.28. The Balaban J connectivity index is 2.72. The molecule has 96 valence electrons. The van der Waals surface area contributed by atoms with Gasteiger partial charge in [-0.25, -0.2) is 4.39 Å². The normalized spacial score (nSPS) is 14.6. The predicted octanol–water partition coefficient (Wildman–Crippen LogP) is 3.52. The first-order valence-electron chi connectivity index (χ1n) is 5.61. The Kier molecular flexibility index (Phi) is 6.27. The number of hydrogen-bond acceptors (Lipinski definition) is 3. The first-order valence-corrected chi connectivity index (χ1v) is 7.03. The molecule has 5 heteroatoms. The van der Waals surface area contributed by atoms with E-state index in [1.807, 2.05) is 0 Å². The van der Waals surface area contributed by atoms with Crippen molar-refractivity contribution in [3.8, 4) is 0 Å². The Morgan fingerprint density at radius 3 is 2.76 bits per heavy atom. The summed E-state index contributed by atoms with van der Waals surface area (Å²) in [6, 6.07) is 4.48. The summed E-state index contributed by atoms with van der Waals surface area (Å²) < 4.78 is 13.7. The first kappa shape index (κ1) is 14.8. The van der Waals surface area contributed by atoms with Gasteiger partial charge in [0.05, 0.1) is 6.04 Å². The minimum Gasteiger partial charge on any atom is -0.271 e. The average Bonchev–Trinajstić information content (AvgIpc) is 2.31. The molecule has 0 heterocycles. The fourth-order valence-corrected chi connectivity index (χ4v) is 2.58. The molecule has 0 aliphatic heterocycles. The molecule has 0 aliphatic rings. The van der Waals surface area contributed by atoms with Crippen molar-refractivity contribution in [1.82, 2.24) is 5.43 Å². The lowest BCUT2D eigenvalue weighted by Gasteiger charge is -2.18. The van der Waals surface area contributed by atoms with E-state index in [2.05, 4.69) is 19.3 Å². The molecule has 17 heavy (non-hydrogen) atoms. The summed E-state index contributed by atoms with van der Waals surface area (Å²) >= 11 is 7.49. The molecule has 2 unspecified atom stereocenters. The molecule has 0 amide bonds. The molecule has 0 saturated carbocycles. The van der Waals surface area contributed by atoms with E-state index in [4.69, 9.17) is 17.4 Å². The highest BCUT2D eigenvalue weighted by Crippen LogP contribution is 2.25. The second kappa shape index (κ2) is 7.21. The van der Waals surface area contributed by atoms with Crippen LogP contribution in [0.1, 0.15) is 31.9 Å². The summed E-state index contributed by atoms with van der Waals surface area (Å²) in [6.07, 6.45) is 1.09. The highest BCUT2D eigenvalue weighted by molar-refractivity contribution is 7.99. The summed E-state index contributed by atoms with van der Waals surface area (Å²) in [7, 11) is 0. The maximum absolute atomic E-state index is 13.7. The molecule has 1 aromatic rings.